The molecule has 2 atom stereocenters. The second-order valence-electron chi connectivity index (χ2n) is 4.71. The molecule has 0 spiro atoms. The highest BCUT2D eigenvalue weighted by Crippen LogP contribution is 2.23. The predicted molar refractivity (Wildman–Crippen MR) is 51.2 cm³/mol. The number of nitrogens with zero attached hydrogens (tertiary/aromatic N) is 1. The molecular formula is C10H20N2. The topological polar surface area (TPSA) is 15.3 Å². The lowest BCUT2D eigenvalue weighted by molar-refractivity contribution is 0.0691. The van der Waals surface area contributed by atoms with Crippen LogP contribution in [0.3, 0.4) is 0 Å². The van der Waals surface area contributed by atoms with Crippen molar-refractivity contribution >= 4 is 0 Å². The molecule has 2 unspecified atom stereocenters. The molecule has 2 saturated heterocycles. The maximum atomic E-state index is 3.35. The first kappa shape index (κ1) is 8.52. The van der Waals surface area contributed by atoms with Crippen LogP contribution in [0.15, 0.2) is 0 Å². The first-order chi connectivity index (χ1) is 5.75. The van der Waals surface area contributed by atoms with Crippen LogP contribution < -0.4 is 5.32 Å². The lowest BCUT2D eigenvalue weighted by Crippen LogP contribution is -2.60. The van der Waals surface area contributed by atoms with E-state index in [2.05, 4.69) is 24.1 Å². The van der Waals surface area contributed by atoms with Crippen LogP contribution in [0, 0.1) is 11.8 Å². The molecule has 0 aromatic carbocycles. The molecule has 0 aromatic rings. The van der Waals surface area contributed by atoms with E-state index < -0.39 is 0 Å². The molecule has 2 nitrogen and oxygen atoms in total. The Labute approximate surface area is 75.3 Å². The zero-order valence-corrected chi connectivity index (χ0v) is 8.21. The molecular weight excluding hydrogens is 148 g/mol. The molecule has 2 heterocycles. The summed E-state index contributed by atoms with van der Waals surface area (Å²) in [7, 11) is 0. The largest absolute Gasteiger partial charge is 0.314 e. The summed E-state index contributed by atoms with van der Waals surface area (Å²) in [4.78, 5) is 2.68. The van der Waals surface area contributed by atoms with E-state index in [4.69, 9.17) is 0 Å². The van der Waals surface area contributed by atoms with Gasteiger partial charge >= 0.3 is 0 Å². The molecule has 0 aromatic heterocycles. The lowest BCUT2D eigenvalue weighted by Gasteiger charge is -2.44. The zero-order valence-electron chi connectivity index (χ0n) is 8.21. The van der Waals surface area contributed by atoms with Gasteiger partial charge in [-0.25, -0.2) is 0 Å². The summed E-state index contributed by atoms with van der Waals surface area (Å²) in [6.45, 7) is 9.87. The van der Waals surface area contributed by atoms with Gasteiger partial charge in [0, 0.05) is 32.2 Å². The molecule has 2 fully saturated rings. The SMILES string of the molecule is CC1CC(C)CN(C2CNC2)C1. The Bertz CT molecular complexity index is 144. The fraction of sp³-hybridized carbons (Fsp3) is 1.00. The Morgan fingerprint density at radius 3 is 2.08 bits per heavy atom. The van der Waals surface area contributed by atoms with E-state index >= 15 is 0 Å². The molecule has 70 valence electrons. The van der Waals surface area contributed by atoms with Crippen LogP contribution >= 0.6 is 0 Å². The van der Waals surface area contributed by atoms with Gasteiger partial charge in [0.1, 0.15) is 0 Å². The van der Waals surface area contributed by atoms with Crippen molar-refractivity contribution in [1.82, 2.24) is 10.2 Å². The van der Waals surface area contributed by atoms with E-state index in [1.54, 1.807) is 0 Å². The Morgan fingerprint density at radius 1 is 1.08 bits per heavy atom. The second kappa shape index (κ2) is 3.35. The molecule has 0 radical (unpaired) electrons. The first-order valence-corrected chi connectivity index (χ1v) is 5.20. The normalized spacial score (nSPS) is 39.5. The average Bonchev–Trinajstić information content (AvgIpc) is 1.79. The second-order valence-corrected chi connectivity index (χ2v) is 4.71. The van der Waals surface area contributed by atoms with Crippen LogP contribution in [-0.4, -0.2) is 37.1 Å². The minimum Gasteiger partial charge on any atom is -0.314 e. The van der Waals surface area contributed by atoms with Crippen molar-refractivity contribution in [3.63, 3.8) is 0 Å². The highest BCUT2D eigenvalue weighted by atomic mass is 15.2. The minimum absolute atomic E-state index is 0.857. The third kappa shape index (κ3) is 1.64. The average molecular weight is 168 g/mol. The lowest BCUT2D eigenvalue weighted by atomic mass is 9.90. The van der Waals surface area contributed by atoms with Gasteiger partial charge in [-0.3, -0.25) is 4.90 Å². The molecule has 1 N–H and O–H groups in total. The Morgan fingerprint density at radius 2 is 1.67 bits per heavy atom. The van der Waals surface area contributed by atoms with Gasteiger partial charge in [0.15, 0.2) is 0 Å². The molecule has 0 amide bonds. The van der Waals surface area contributed by atoms with Gasteiger partial charge in [-0.2, -0.15) is 0 Å². The Kier molecular flexibility index (Phi) is 2.37. The summed E-state index contributed by atoms with van der Waals surface area (Å²) in [5.74, 6) is 1.82. The van der Waals surface area contributed by atoms with Crippen LogP contribution in [0.5, 0.6) is 0 Å². The van der Waals surface area contributed by atoms with Gasteiger partial charge in [0.2, 0.25) is 0 Å². The number of rotatable bonds is 1. The van der Waals surface area contributed by atoms with Crippen LogP contribution in [0.4, 0.5) is 0 Å². The highest BCUT2D eigenvalue weighted by Gasteiger charge is 2.30. The van der Waals surface area contributed by atoms with Gasteiger partial charge in [-0.1, -0.05) is 13.8 Å². The third-order valence-electron chi connectivity index (χ3n) is 3.17. The quantitative estimate of drug-likeness (QED) is 0.627. The summed E-state index contributed by atoms with van der Waals surface area (Å²) < 4.78 is 0. The van der Waals surface area contributed by atoms with Crippen molar-refractivity contribution in [2.45, 2.75) is 26.3 Å². The molecule has 0 aliphatic carbocycles. The molecule has 0 saturated carbocycles. The number of hydrogen-bond acceptors (Lipinski definition) is 2. The van der Waals surface area contributed by atoms with Gasteiger partial charge < -0.3 is 5.32 Å². The van der Waals surface area contributed by atoms with Crippen molar-refractivity contribution in [2.75, 3.05) is 26.2 Å². The molecule has 0 bridgehead atoms. The van der Waals surface area contributed by atoms with Crippen molar-refractivity contribution < 1.29 is 0 Å². The summed E-state index contributed by atoms with van der Waals surface area (Å²) in [5.41, 5.74) is 0. The summed E-state index contributed by atoms with van der Waals surface area (Å²) in [6, 6.07) is 0.857. The molecule has 12 heavy (non-hydrogen) atoms. The summed E-state index contributed by atoms with van der Waals surface area (Å²) >= 11 is 0. The van der Waals surface area contributed by atoms with Gasteiger partial charge in [-0.15, -0.1) is 0 Å². The van der Waals surface area contributed by atoms with Gasteiger partial charge in [0.05, 0.1) is 0 Å². The summed E-state index contributed by atoms with van der Waals surface area (Å²) in [6.07, 6.45) is 1.43. The standard InChI is InChI=1S/C10H20N2/c1-8-3-9(2)7-12(6-8)10-4-11-5-10/h8-11H,3-7H2,1-2H3. The number of likely N-dealkylation sites (tertiary alicyclic amines) is 1. The number of nitrogens with one attached hydrogen (secondary N) is 1. The highest BCUT2D eigenvalue weighted by molar-refractivity contribution is 4.88. The van der Waals surface area contributed by atoms with Gasteiger partial charge in [0.25, 0.3) is 0 Å². The van der Waals surface area contributed by atoms with E-state index in [1.807, 2.05) is 0 Å². The van der Waals surface area contributed by atoms with Crippen molar-refractivity contribution in [3.05, 3.63) is 0 Å². The Balaban J connectivity index is 1.87. The fourth-order valence-electron chi connectivity index (χ4n) is 2.54. The van der Waals surface area contributed by atoms with Crippen LogP contribution in [0.25, 0.3) is 0 Å². The van der Waals surface area contributed by atoms with Crippen molar-refractivity contribution in [2.24, 2.45) is 11.8 Å². The van der Waals surface area contributed by atoms with Crippen LogP contribution in [0.1, 0.15) is 20.3 Å². The van der Waals surface area contributed by atoms with Gasteiger partial charge in [-0.05, 0) is 18.3 Å². The number of piperidine rings is 1. The van der Waals surface area contributed by atoms with E-state index in [0.717, 1.165) is 17.9 Å². The van der Waals surface area contributed by atoms with Crippen molar-refractivity contribution in [3.8, 4) is 0 Å². The third-order valence-corrected chi connectivity index (χ3v) is 3.17. The monoisotopic (exact) mass is 168 g/mol. The van der Waals surface area contributed by atoms with E-state index in [9.17, 15) is 0 Å². The molecule has 2 aliphatic rings. The van der Waals surface area contributed by atoms with Crippen molar-refractivity contribution in [1.29, 1.82) is 0 Å². The predicted octanol–water partition coefficient (Wildman–Crippen LogP) is 0.936. The van der Waals surface area contributed by atoms with E-state index in [0.29, 0.717) is 0 Å². The fourth-order valence-corrected chi connectivity index (χ4v) is 2.54. The smallest absolute Gasteiger partial charge is 0.0345 e. The maximum Gasteiger partial charge on any atom is 0.0345 e. The van der Waals surface area contributed by atoms with Crippen LogP contribution in [0.2, 0.25) is 0 Å². The first-order valence-electron chi connectivity index (χ1n) is 5.20. The molecule has 2 heteroatoms. The van der Waals surface area contributed by atoms with E-state index in [1.165, 1.54) is 32.6 Å². The van der Waals surface area contributed by atoms with E-state index in [-0.39, 0.29) is 0 Å². The molecule has 2 aliphatic heterocycles. The number of hydrogen-bond donors (Lipinski definition) is 1. The minimum atomic E-state index is 0.857. The van der Waals surface area contributed by atoms with Crippen LogP contribution in [-0.2, 0) is 0 Å². The summed E-state index contributed by atoms with van der Waals surface area (Å²) in [5, 5.41) is 3.35. The Hall–Kier alpha value is -0.0800. The maximum absolute atomic E-state index is 3.35. The molecule has 2 rings (SSSR count). The zero-order chi connectivity index (χ0) is 8.55.